The van der Waals surface area contributed by atoms with Gasteiger partial charge in [-0.15, -0.1) is 0 Å². The molecule has 5 nitrogen and oxygen atoms in total. The summed E-state index contributed by atoms with van der Waals surface area (Å²) in [5.41, 5.74) is 1.76. The van der Waals surface area contributed by atoms with Gasteiger partial charge in [0.05, 0.1) is 6.61 Å². The Bertz CT molecular complexity index is 450. The normalized spacial score (nSPS) is 10.2. The summed E-state index contributed by atoms with van der Waals surface area (Å²) in [5, 5.41) is 8.45. The Morgan fingerprint density at radius 1 is 1.60 bits per heavy atom. The summed E-state index contributed by atoms with van der Waals surface area (Å²) >= 11 is 1.34. The smallest absolute Gasteiger partial charge is 0.356 e. The van der Waals surface area contributed by atoms with E-state index in [1.54, 1.807) is 13.0 Å². The van der Waals surface area contributed by atoms with E-state index in [2.05, 4.69) is 14.6 Å². The zero-order chi connectivity index (χ0) is 10.7. The molecule has 0 aromatic carbocycles. The van der Waals surface area contributed by atoms with Crippen LogP contribution in [0.15, 0.2) is 17.5 Å². The van der Waals surface area contributed by atoms with E-state index in [0.29, 0.717) is 18.0 Å². The van der Waals surface area contributed by atoms with Gasteiger partial charge in [0, 0.05) is 11.4 Å². The molecule has 0 fully saturated rings. The lowest BCUT2D eigenvalue weighted by Crippen LogP contribution is -2.04. The maximum absolute atomic E-state index is 11.3. The third kappa shape index (κ3) is 2.04. The van der Waals surface area contributed by atoms with Crippen molar-refractivity contribution in [2.45, 2.75) is 6.92 Å². The molecule has 0 aliphatic heterocycles. The van der Waals surface area contributed by atoms with Gasteiger partial charge >= 0.3 is 5.97 Å². The second-order valence-corrected chi connectivity index (χ2v) is 3.44. The second-order valence-electron chi connectivity index (χ2n) is 2.77. The molecule has 78 valence electrons. The van der Waals surface area contributed by atoms with Gasteiger partial charge in [0.15, 0.2) is 0 Å². The lowest BCUT2D eigenvalue weighted by atomic mass is 10.3. The Hall–Kier alpha value is -1.69. The predicted octanol–water partition coefficient (Wildman–Crippen LogP) is 1.71. The van der Waals surface area contributed by atoms with Gasteiger partial charge < -0.3 is 4.74 Å². The van der Waals surface area contributed by atoms with Crippen molar-refractivity contribution in [2.24, 2.45) is 0 Å². The number of H-pyrrole nitrogens is 1. The fourth-order valence-corrected chi connectivity index (χ4v) is 1.63. The number of nitrogens with zero attached hydrogens (tertiary/aromatic N) is 2. The van der Waals surface area contributed by atoms with Gasteiger partial charge in [-0.2, -0.15) is 9.47 Å². The first-order valence-electron chi connectivity index (χ1n) is 4.44. The topological polar surface area (TPSA) is 67.9 Å². The molecule has 0 amide bonds. The van der Waals surface area contributed by atoms with Crippen molar-refractivity contribution in [1.29, 1.82) is 0 Å². The molecule has 0 aliphatic rings. The predicted molar refractivity (Wildman–Crippen MR) is 55.7 cm³/mol. The second kappa shape index (κ2) is 4.22. The average molecular weight is 223 g/mol. The Labute approximate surface area is 90.3 Å². The summed E-state index contributed by atoms with van der Waals surface area (Å²) in [4.78, 5) is 11.3. The van der Waals surface area contributed by atoms with Crippen LogP contribution in [0.4, 0.5) is 0 Å². The SMILES string of the molecule is CCOC(=O)c1cc(-c2ccsn2)n[nH]1. The van der Waals surface area contributed by atoms with Crippen LogP contribution in [0.5, 0.6) is 0 Å². The molecular weight excluding hydrogens is 214 g/mol. The highest BCUT2D eigenvalue weighted by Crippen LogP contribution is 2.16. The standard InChI is InChI=1S/C9H9N3O2S/c1-2-14-9(13)8-5-7(10-11-8)6-3-4-15-12-6/h3-5H,2H2,1H3,(H,10,11). The fourth-order valence-electron chi connectivity index (χ4n) is 1.11. The third-order valence-corrected chi connectivity index (χ3v) is 2.33. The molecule has 1 N–H and O–H groups in total. The number of carbonyl (C=O) groups excluding carboxylic acids is 1. The minimum absolute atomic E-state index is 0.347. The first-order valence-corrected chi connectivity index (χ1v) is 5.28. The van der Waals surface area contributed by atoms with Gasteiger partial charge in [0.25, 0.3) is 0 Å². The highest BCUT2D eigenvalue weighted by atomic mass is 32.1. The van der Waals surface area contributed by atoms with Crippen molar-refractivity contribution in [3.8, 4) is 11.4 Å². The number of rotatable bonds is 3. The Kier molecular flexibility index (Phi) is 2.77. The molecule has 0 unspecified atom stereocenters. The third-order valence-electron chi connectivity index (χ3n) is 1.77. The first-order chi connectivity index (χ1) is 7.31. The summed E-state index contributed by atoms with van der Waals surface area (Å²) in [5.74, 6) is -0.397. The highest BCUT2D eigenvalue weighted by molar-refractivity contribution is 7.03. The molecule has 0 aliphatic carbocycles. The van der Waals surface area contributed by atoms with E-state index in [1.165, 1.54) is 11.5 Å². The molecule has 0 radical (unpaired) electrons. The van der Waals surface area contributed by atoms with Crippen molar-refractivity contribution < 1.29 is 9.53 Å². The largest absolute Gasteiger partial charge is 0.461 e. The molecule has 6 heteroatoms. The van der Waals surface area contributed by atoms with Crippen LogP contribution < -0.4 is 0 Å². The van der Waals surface area contributed by atoms with Crippen LogP contribution in [0.1, 0.15) is 17.4 Å². The zero-order valence-corrected chi connectivity index (χ0v) is 8.87. The van der Waals surface area contributed by atoms with Crippen LogP contribution in [0, 0.1) is 0 Å². The van der Waals surface area contributed by atoms with E-state index >= 15 is 0 Å². The molecule has 0 spiro atoms. The Balaban J connectivity index is 2.21. The number of aromatic nitrogens is 3. The van der Waals surface area contributed by atoms with Crippen molar-refractivity contribution >= 4 is 17.5 Å². The summed E-state index contributed by atoms with van der Waals surface area (Å²) in [6, 6.07) is 3.48. The van der Waals surface area contributed by atoms with Crippen molar-refractivity contribution in [1.82, 2.24) is 14.6 Å². The number of aromatic amines is 1. The molecule has 2 heterocycles. The van der Waals surface area contributed by atoms with E-state index in [9.17, 15) is 4.79 Å². The lowest BCUT2D eigenvalue weighted by Gasteiger charge is -1.95. The van der Waals surface area contributed by atoms with Gasteiger partial charge in [-0.05, 0) is 24.5 Å². The maximum atomic E-state index is 11.3. The van der Waals surface area contributed by atoms with Crippen LogP contribution in [0.25, 0.3) is 11.4 Å². The quantitative estimate of drug-likeness (QED) is 0.804. The number of hydrogen-bond donors (Lipinski definition) is 1. The zero-order valence-electron chi connectivity index (χ0n) is 8.06. The van der Waals surface area contributed by atoms with Crippen LogP contribution in [0.2, 0.25) is 0 Å². The summed E-state index contributed by atoms with van der Waals surface area (Å²) in [7, 11) is 0. The fraction of sp³-hybridized carbons (Fsp3) is 0.222. The van der Waals surface area contributed by atoms with Crippen molar-refractivity contribution in [3.05, 3.63) is 23.2 Å². The van der Waals surface area contributed by atoms with Crippen molar-refractivity contribution in [3.63, 3.8) is 0 Å². The van der Waals surface area contributed by atoms with E-state index < -0.39 is 5.97 Å². The maximum Gasteiger partial charge on any atom is 0.356 e. The average Bonchev–Trinajstić information content (AvgIpc) is 2.89. The van der Waals surface area contributed by atoms with Gasteiger partial charge in [0.1, 0.15) is 17.1 Å². The first kappa shape index (κ1) is 9.85. The highest BCUT2D eigenvalue weighted by Gasteiger charge is 2.12. The minimum Gasteiger partial charge on any atom is -0.461 e. The van der Waals surface area contributed by atoms with Crippen LogP contribution in [-0.4, -0.2) is 27.1 Å². The molecular formula is C9H9N3O2S. The number of hydrogen-bond acceptors (Lipinski definition) is 5. The van der Waals surface area contributed by atoms with E-state index in [-0.39, 0.29) is 0 Å². The molecule has 2 aromatic rings. The van der Waals surface area contributed by atoms with E-state index in [1.807, 2.05) is 11.4 Å². The number of carbonyl (C=O) groups is 1. The van der Waals surface area contributed by atoms with Crippen molar-refractivity contribution in [2.75, 3.05) is 6.61 Å². The molecule has 2 rings (SSSR count). The van der Waals surface area contributed by atoms with Crippen LogP contribution in [-0.2, 0) is 4.74 Å². The Morgan fingerprint density at radius 2 is 2.47 bits per heavy atom. The van der Waals surface area contributed by atoms with Gasteiger partial charge in [-0.25, -0.2) is 4.79 Å². The minimum atomic E-state index is -0.397. The number of ether oxygens (including phenoxy) is 1. The molecule has 0 atom stereocenters. The summed E-state index contributed by atoms with van der Waals surface area (Å²) < 4.78 is 8.94. The number of esters is 1. The van der Waals surface area contributed by atoms with E-state index in [4.69, 9.17) is 4.74 Å². The van der Waals surface area contributed by atoms with E-state index in [0.717, 1.165) is 5.69 Å². The summed E-state index contributed by atoms with van der Waals surface area (Å²) in [6.45, 7) is 2.11. The molecule has 0 saturated heterocycles. The van der Waals surface area contributed by atoms with Crippen LogP contribution in [0.3, 0.4) is 0 Å². The molecule has 0 saturated carbocycles. The monoisotopic (exact) mass is 223 g/mol. The Morgan fingerprint density at radius 3 is 3.13 bits per heavy atom. The lowest BCUT2D eigenvalue weighted by molar-refractivity contribution is 0.0519. The molecule has 15 heavy (non-hydrogen) atoms. The summed E-state index contributed by atoms with van der Waals surface area (Å²) in [6.07, 6.45) is 0. The van der Waals surface area contributed by atoms with Gasteiger partial charge in [-0.1, -0.05) is 0 Å². The van der Waals surface area contributed by atoms with Gasteiger partial charge in [0.2, 0.25) is 0 Å². The molecule has 2 aromatic heterocycles. The molecule has 0 bridgehead atoms. The van der Waals surface area contributed by atoms with Gasteiger partial charge in [-0.3, -0.25) is 5.10 Å². The van der Waals surface area contributed by atoms with Crippen LogP contribution >= 0.6 is 11.5 Å². The number of nitrogens with one attached hydrogen (secondary N) is 1.